The molecular formula is C21H23ClN4O3S. The molecule has 1 aliphatic rings. The molecule has 4 rings (SSSR count). The lowest BCUT2D eigenvalue weighted by Gasteiger charge is -2.28. The molecule has 0 radical (unpaired) electrons. The van der Waals surface area contributed by atoms with E-state index in [9.17, 15) is 13.2 Å². The summed E-state index contributed by atoms with van der Waals surface area (Å²) in [6.07, 6.45) is 1.46. The Morgan fingerprint density at radius 2 is 1.97 bits per heavy atom. The van der Waals surface area contributed by atoms with Crippen LogP contribution in [0.4, 0.5) is 5.69 Å². The number of hydrogen-bond acceptors (Lipinski definition) is 4. The van der Waals surface area contributed by atoms with Crippen molar-refractivity contribution in [2.75, 3.05) is 16.6 Å². The molecular weight excluding hydrogens is 424 g/mol. The number of hydrogen-bond donors (Lipinski definition) is 1. The fourth-order valence-electron chi connectivity index (χ4n) is 3.81. The maximum Gasteiger partial charge on any atom is 0.253 e. The molecule has 3 aromatic rings. The van der Waals surface area contributed by atoms with Gasteiger partial charge in [0.25, 0.3) is 5.91 Å². The minimum atomic E-state index is -3.34. The van der Waals surface area contributed by atoms with Crippen LogP contribution in [0.15, 0.2) is 42.5 Å². The maximum atomic E-state index is 12.8. The number of nitrogens with zero attached hydrogens (tertiary/aromatic N) is 3. The molecule has 1 fully saturated rings. The molecule has 0 spiro atoms. The summed E-state index contributed by atoms with van der Waals surface area (Å²) < 4.78 is 27.9. The monoisotopic (exact) mass is 446 g/mol. The van der Waals surface area contributed by atoms with E-state index in [1.54, 1.807) is 18.2 Å². The molecule has 158 valence electrons. The van der Waals surface area contributed by atoms with Crippen molar-refractivity contribution >= 4 is 44.3 Å². The highest BCUT2D eigenvalue weighted by Gasteiger charge is 2.27. The van der Waals surface area contributed by atoms with Gasteiger partial charge in [0.15, 0.2) is 0 Å². The van der Waals surface area contributed by atoms with Gasteiger partial charge in [-0.25, -0.2) is 13.4 Å². The van der Waals surface area contributed by atoms with Crippen LogP contribution in [0.25, 0.3) is 11.0 Å². The van der Waals surface area contributed by atoms with Crippen molar-refractivity contribution in [2.24, 2.45) is 7.05 Å². The van der Waals surface area contributed by atoms with E-state index >= 15 is 0 Å². The number of carbonyl (C=O) groups excluding carboxylic acids is 1. The fourth-order valence-corrected chi connectivity index (χ4v) is 5.70. The van der Waals surface area contributed by atoms with E-state index in [1.165, 1.54) is 4.31 Å². The summed E-state index contributed by atoms with van der Waals surface area (Å²) >= 11 is 6.36. The third-order valence-corrected chi connectivity index (χ3v) is 7.57. The Kier molecular flexibility index (Phi) is 5.46. The number of rotatable bonds is 4. The van der Waals surface area contributed by atoms with Crippen molar-refractivity contribution in [1.29, 1.82) is 0 Å². The summed E-state index contributed by atoms with van der Waals surface area (Å²) in [7, 11) is -1.43. The first kappa shape index (κ1) is 20.7. The number of aromatic nitrogens is 2. The minimum absolute atomic E-state index is 0.127. The van der Waals surface area contributed by atoms with Gasteiger partial charge in [-0.1, -0.05) is 23.7 Å². The first-order valence-corrected chi connectivity index (χ1v) is 11.8. The summed E-state index contributed by atoms with van der Waals surface area (Å²) in [6, 6.07) is 12.2. The van der Waals surface area contributed by atoms with Crippen molar-refractivity contribution in [3.8, 4) is 0 Å². The van der Waals surface area contributed by atoms with E-state index in [2.05, 4.69) is 10.3 Å². The van der Waals surface area contributed by atoms with E-state index in [0.29, 0.717) is 24.2 Å². The SMILES string of the molecule is C[C@@H](NC(=O)c1ccc(N2CCCCS2(=O)=O)cc1Cl)c1nc2ccccc2n1C. The van der Waals surface area contributed by atoms with Crippen LogP contribution in [0.1, 0.15) is 42.0 Å². The van der Waals surface area contributed by atoms with Crippen molar-refractivity contribution in [3.05, 3.63) is 58.9 Å². The van der Waals surface area contributed by atoms with Gasteiger partial charge in [-0.05, 0) is 50.1 Å². The maximum absolute atomic E-state index is 12.8. The Labute approximate surface area is 180 Å². The topological polar surface area (TPSA) is 84.3 Å². The van der Waals surface area contributed by atoms with Crippen molar-refractivity contribution in [2.45, 2.75) is 25.8 Å². The molecule has 0 bridgehead atoms. The van der Waals surface area contributed by atoms with E-state index < -0.39 is 10.0 Å². The number of fused-ring (bicyclic) bond motifs is 1. The summed E-state index contributed by atoms with van der Waals surface area (Å²) in [5.41, 5.74) is 2.63. The van der Waals surface area contributed by atoms with Gasteiger partial charge < -0.3 is 9.88 Å². The number of sulfonamides is 1. The highest BCUT2D eigenvalue weighted by Crippen LogP contribution is 2.29. The zero-order valence-corrected chi connectivity index (χ0v) is 18.4. The zero-order chi connectivity index (χ0) is 21.5. The minimum Gasteiger partial charge on any atom is -0.342 e. The third kappa shape index (κ3) is 3.77. The van der Waals surface area contributed by atoms with Crippen molar-refractivity contribution in [3.63, 3.8) is 0 Å². The van der Waals surface area contributed by atoms with E-state index in [-0.39, 0.29) is 22.7 Å². The van der Waals surface area contributed by atoms with Gasteiger partial charge in [0.1, 0.15) is 5.82 Å². The first-order valence-electron chi connectivity index (χ1n) is 9.80. The lowest BCUT2D eigenvalue weighted by Crippen LogP contribution is -2.37. The number of halogens is 1. The normalized spacial score (nSPS) is 17.1. The molecule has 30 heavy (non-hydrogen) atoms. The quantitative estimate of drug-likeness (QED) is 0.663. The summed E-state index contributed by atoms with van der Waals surface area (Å²) in [5.74, 6) is 0.520. The molecule has 1 N–H and O–H groups in total. The average molecular weight is 447 g/mol. The predicted molar refractivity (Wildman–Crippen MR) is 118 cm³/mol. The van der Waals surface area contributed by atoms with E-state index in [1.807, 2.05) is 42.8 Å². The van der Waals surface area contributed by atoms with Crippen LogP contribution < -0.4 is 9.62 Å². The molecule has 7 nitrogen and oxygen atoms in total. The largest absolute Gasteiger partial charge is 0.342 e. The molecule has 2 aromatic carbocycles. The second-order valence-corrected chi connectivity index (χ2v) is 9.89. The van der Waals surface area contributed by atoms with Gasteiger partial charge >= 0.3 is 0 Å². The van der Waals surface area contributed by atoms with E-state index in [0.717, 1.165) is 23.3 Å². The molecule has 1 atom stereocenters. The van der Waals surface area contributed by atoms with Crippen molar-refractivity contribution in [1.82, 2.24) is 14.9 Å². The Morgan fingerprint density at radius 1 is 1.20 bits per heavy atom. The van der Waals surface area contributed by atoms with Gasteiger partial charge in [-0.15, -0.1) is 0 Å². The van der Waals surface area contributed by atoms with Crippen LogP contribution in [-0.4, -0.2) is 36.2 Å². The Hall–Kier alpha value is -2.58. The molecule has 1 saturated heterocycles. The Bertz CT molecular complexity index is 1220. The van der Waals surface area contributed by atoms with Crippen LogP contribution >= 0.6 is 11.6 Å². The number of anilines is 1. The highest BCUT2D eigenvalue weighted by molar-refractivity contribution is 7.92. The molecule has 1 amide bonds. The van der Waals surface area contributed by atoms with Crippen molar-refractivity contribution < 1.29 is 13.2 Å². The molecule has 1 aromatic heterocycles. The van der Waals surface area contributed by atoms with E-state index in [4.69, 9.17) is 11.6 Å². The standard InChI is InChI=1S/C21H23ClN4O3S/c1-14(20-24-18-7-3-4-8-19(18)25(20)2)23-21(27)16-10-9-15(13-17(16)22)26-11-5-6-12-30(26,28)29/h3-4,7-10,13-14H,5-6,11-12H2,1-2H3,(H,23,27)/t14-/m1/s1. The third-order valence-electron chi connectivity index (χ3n) is 5.39. The van der Waals surface area contributed by atoms with Crippen LogP contribution in [0, 0.1) is 0 Å². The van der Waals surface area contributed by atoms with Crippen LogP contribution in [0.2, 0.25) is 5.02 Å². The average Bonchev–Trinajstić information content (AvgIpc) is 3.04. The number of nitrogens with one attached hydrogen (secondary N) is 1. The summed E-state index contributed by atoms with van der Waals surface area (Å²) in [5, 5.41) is 3.14. The second kappa shape index (κ2) is 7.92. The fraction of sp³-hybridized carbons (Fsp3) is 0.333. The molecule has 0 unspecified atom stereocenters. The number of aryl methyl sites for hydroxylation is 1. The van der Waals surface area contributed by atoms with Gasteiger partial charge in [-0.2, -0.15) is 0 Å². The number of amides is 1. The molecule has 0 aliphatic carbocycles. The van der Waals surface area contributed by atoms with Crippen LogP contribution in [0.3, 0.4) is 0 Å². The number of imidazole rings is 1. The Morgan fingerprint density at radius 3 is 2.67 bits per heavy atom. The van der Waals surface area contributed by atoms with Crippen LogP contribution in [-0.2, 0) is 17.1 Å². The number of para-hydroxylation sites is 2. The smallest absolute Gasteiger partial charge is 0.253 e. The van der Waals surface area contributed by atoms with Gasteiger partial charge in [0.2, 0.25) is 10.0 Å². The second-order valence-electron chi connectivity index (χ2n) is 7.47. The lowest BCUT2D eigenvalue weighted by atomic mass is 10.1. The first-order chi connectivity index (χ1) is 14.3. The summed E-state index contributed by atoms with van der Waals surface area (Å²) in [4.78, 5) is 17.4. The zero-order valence-electron chi connectivity index (χ0n) is 16.8. The van der Waals surface area contributed by atoms with Crippen LogP contribution in [0.5, 0.6) is 0 Å². The highest BCUT2D eigenvalue weighted by atomic mass is 35.5. The van der Waals surface area contributed by atoms with Gasteiger partial charge in [0, 0.05) is 13.6 Å². The Balaban J connectivity index is 1.55. The van der Waals surface area contributed by atoms with Gasteiger partial charge in [-0.3, -0.25) is 9.10 Å². The predicted octanol–water partition coefficient (Wildman–Crippen LogP) is 3.65. The molecule has 9 heteroatoms. The summed E-state index contributed by atoms with van der Waals surface area (Å²) in [6.45, 7) is 2.29. The molecule has 1 aliphatic heterocycles. The lowest BCUT2D eigenvalue weighted by molar-refractivity contribution is 0.0938. The molecule has 2 heterocycles. The number of carbonyl (C=O) groups is 1. The molecule has 0 saturated carbocycles. The number of benzene rings is 2. The van der Waals surface area contributed by atoms with Gasteiger partial charge in [0.05, 0.1) is 39.1 Å².